The molecule has 0 bridgehead atoms. The van der Waals surface area contributed by atoms with E-state index in [-0.39, 0.29) is 18.1 Å². The lowest BCUT2D eigenvalue weighted by Gasteiger charge is -2.32. The number of nitrogens with zero attached hydrogens (tertiary/aromatic N) is 2. The van der Waals surface area contributed by atoms with E-state index < -0.39 is 5.54 Å². The van der Waals surface area contributed by atoms with Gasteiger partial charge in [-0.25, -0.2) is 4.39 Å². The number of hydrogen-bond donors (Lipinski definition) is 1. The van der Waals surface area contributed by atoms with Crippen molar-refractivity contribution in [1.29, 1.82) is 0 Å². The Kier molecular flexibility index (Phi) is 5.89. The predicted molar refractivity (Wildman–Crippen MR) is 115 cm³/mol. The maximum atomic E-state index is 13.1. The molecule has 0 aliphatic heterocycles. The van der Waals surface area contributed by atoms with Crippen molar-refractivity contribution in [3.8, 4) is 11.4 Å². The molecule has 0 unspecified atom stereocenters. The van der Waals surface area contributed by atoms with Gasteiger partial charge in [0.1, 0.15) is 5.82 Å². The molecule has 0 aliphatic rings. The molecule has 3 aromatic carbocycles. The Bertz CT molecular complexity index is 1100. The minimum Gasteiger partial charge on any atom is -0.343 e. The largest absolute Gasteiger partial charge is 0.343 e. The lowest BCUT2D eigenvalue weighted by Crippen LogP contribution is -2.44. The summed E-state index contributed by atoms with van der Waals surface area (Å²) in [5, 5.41) is 7.09. The molecule has 4 rings (SSSR count). The van der Waals surface area contributed by atoms with Gasteiger partial charge in [-0.3, -0.25) is 4.79 Å². The molecule has 0 radical (unpaired) electrons. The first-order chi connectivity index (χ1) is 15.0. The molecule has 0 spiro atoms. The number of aryl methyl sites for hydroxylation is 1. The van der Waals surface area contributed by atoms with Crippen LogP contribution in [-0.4, -0.2) is 16.0 Å². The van der Waals surface area contributed by atoms with E-state index in [0.29, 0.717) is 23.7 Å². The van der Waals surface area contributed by atoms with Crippen LogP contribution in [0.5, 0.6) is 0 Å². The number of carbonyl (C=O) groups excluding carboxylic acids is 1. The first-order valence-corrected chi connectivity index (χ1v) is 10.1. The Hall–Kier alpha value is -3.80. The molecule has 156 valence electrons. The minimum atomic E-state index is -0.673. The Morgan fingerprint density at radius 2 is 1.52 bits per heavy atom. The normalized spacial score (nSPS) is 11.3. The monoisotopic (exact) mass is 415 g/mol. The molecular weight excluding hydrogens is 393 g/mol. The zero-order valence-corrected chi connectivity index (χ0v) is 17.1. The Morgan fingerprint density at radius 3 is 2.10 bits per heavy atom. The molecule has 1 heterocycles. The molecule has 1 aromatic heterocycles. The number of carbonyl (C=O) groups is 1. The van der Waals surface area contributed by atoms with E-state index in [2.05, 4.69) is 15.5 Å². The summed E-state index contributed by atoms with van der Waals surface area (Å²) in [6, 6.07) is 25.6. The zero-order valence-electron chi connectivity index (χ0n) is 17.1. The van der Waals surface area contributed by atoms with Gasteiger partial charge in [-0.2, -0.15) is 4.98 Å². The van der Waals surface area contributed by atoms with Gasteiger partial charge in [-0.1, -0.05) is 65.8 Å². The first kappa shape index (κ1) is 20.5. The SMILES string of the molecule is CC(NC(=O)CCc1nc(-c2ccc(F)cc2)no1)(c1ccccc1)c1ccccc1. The van der Waals surface area contributed by atoms with E-state index in [4.69, 9.17) is 4.52 Å². The highest BCUT2D eigenvalue weighted by Gasteiger charge is 2.30. The van der Waals surface area contributed by atoms with Gasteiger partial charge in [0.15, 0.2) is 0 Å². The number of nitrogens with one attached hydrogen (secondary N) is 1. The third kappa shape index (κ3) is 4.69. The number of benzene rings is 3. The number of hydrogen-bond acceptors (Lipinski definition) is 4. The van der Waals surface area contributed by atoms with Gasteiger partial charge < -0.3 is 9.84 Å². The lowest BCUT2D eigenvalue weighted by atomic mass is 9.84. The quantitative estimate of drug-likeness (QED) is 0.467. The van der Waals surface area contributed by atoms with E-state index in [1.165, 1.54) is 12.1 Å². The summed E-state index contributed by atoms with van der Waals surface area (Å²) >= 11 is 0. The molecule has 0 saturated carbocycles. The summed E-state index contributed by atoms with van der Waals surface area (Å²) in [7, 11) is 0. The number of amides is 1. The van der Waals surface area contributed by atoms with E-state index >= 15 is 0 Å². The molecule has 31 heavy (non-hydrogen) atoms. The molecular formula is C25H22FN3O2. The zero-order chi connectivity index (χ0) is 21.7. The van der Waals surface area contributed by atoms with Gasteiger partial charge in [0.25, 0.3) is 0 Å². The highest BCUT2D eigenvalue weighted by molar-refractivity contribution is 5.78. The lowest BCUT2D eigenvalue weighted by molar-refractivity contribution is -0.122. The van der Waals surface area contributed by atoms with E-state index in [9.17, 15) is 9.18 Å². The predicted octanol–water partition coefficient (Wildman–Crippen LogP) is 4.89. The third-order valence-electron chi connectivity index (χ3n) is 5.23. The Labute approximate surface area is 179 Å². The van der Waals surface area contributed by atoms with E-state index in [0.717, 1.165) is 11.1 Å². The Balaban J connectivity index is 1.46. The topological polar surface area (TPSA) is 68.0 Å². The van der Waals surface area contributed by atoms with Crippen LogP contribution in [0.3, 0.4) is 0 Å². The van der Waals surface area contributed by atoms with Crippen LogP contribution >= 0.6 is 0 Å². The molecule has 0 atom stereocenters. The van der Waals surface area contributed by atoms with Crippen molar-refractivity contribution in [3.63, 3.8) is 0 Å². The van der Waals surface area contributed by atoms with Crippen molar-refractivity contribution >= 4 is 5.91 Å². The van der Waals surface area contributed by atoms with Crippen molar-refractivity contribution in [2.45, 2.75) is 25.3 Å². The second-order valence-electron chi connectivity index (χ2n) is 7.42. The summed E-state index contributed by atoms with van der Waals surface area (Å²) in [5.74, 6) is 0.269. The fourth-order valence-electron chi connectivity index (χ4n) is 3.49. The molecule has 1 amide bonds. The van der Waals surface area contributed by atoms with Crippen LogP contribution < -0.4 is 5.32 Å². The average molecular weight is 415 g/mol. The van der Waals surface area contributed by atoms with Crippen LogP contribution in [0.1, 0.15) is 30.4 Å². The average Bonchev–Trinajstić information content (AvgIpc) is 3.28. The van der Waals surface area contributed by atoms with Crippen molar-refractivity contribution < 1.29 is 13.7 Å². The number of halogens is 1. The highest BCUT2D eigenvalue weighted by atomic mass is 19.1. The van der Waals surface area contributed by atoms with Crippen molar-refractivity contribution in [2.75, 3.05) is 0 Å². The minimum absolute atomic E-state index is 0.128. The summed E-state index contributed by atoms with van der Waals surface area (Å²) in [5.41, 5.74) is 1.96. The maximum Gasteiger partial charge on any atom is 0.227 e. The Morgan fingerprint density at radius 1 is 0.935 bits per heavy atom. The molecule has 4 aromatic rings. The summed E-state index contributed by atoms with van der Waals surface area (Å²) in [6.07, 6.45) is 0.500. The van der Waals surface area contributed by atoms with Gasteiger partial charge in [-0.15, -0.1) is 0 Å². The van der Waals surface area contributed by atoms with Crippen molar-refractivity contribution in [2.24, 2.45) is 0 Å². The summed E-state index contributed by atoms with van der Waals surface area (Å²) in [6.45, 7) is 1.99. The van der Waals surface area contributed by atoms with Gasteiger partial charge in [0, 0.05) is 18.4 Å². The fourth-order valence-corrected chi connectivity index (χ4v) is 3.49. The maximum absolute atomic E-state index is 13.1. The van der Waals surface area contributed by atoms with Gasteiger partial charge in [0.2, 0.25) is 17.6 Å². The van der Waals surface area contributed by atoms with Gasteiger partial charge >= 0.3 is 0 Å². The smallest absolute Gasteiger partial charge is 0.227 e. The van der Waals surface area contributed by atoms with Gasteiger partial charge in [0.05, 0.1) is 5.54 Å². The molecule has 0 aliphatic carbocycles. The fraction of sp³-hybridized carbons (Fsp3) is 0.160. The van der Waals surface area contributed by atoms with Crippen molar-refractivity contribution in [3.05, 3.63) is 108 Å². The first-order valence-electron chi connectivity index (χ1n) is 10.1. The van der Waals surface area contributed by atoms with Crippen molar-refractivity contribution in [1.82, 2.24) is 15.5 Å². The molecule has 1 N–H and O–H groups in total. The summed E-state index contributed by atoms with van der Waals surface area (Å²) in [4.78, 5) is 17.2. The van der Waals surface area contributed by atoms with Crippen LogP contribution in [0, 0.1) is 5.82 Å². The molecule has 6 heteroatoms. The highest BCUT2D eigenvalue weighted by Crippen LogP contribution is 2.29. The van der Waals surface area contributed by atoms with Crippen LogP contribution in [0.2, 0.25) is 0 Å². The number of aromatic nitrogens is 2. The third-order valence-corrected chi connectivity index (χ3v) is 5.23. The van der Waals surface area contributed by atoms with Crippen LogP contribution in [0.25, 0.3) is 11.4 Å². The second kappa shape index (κ2) is 8.92. The van der Waals surface area contributed by atoms with Crippen LogP contribution in [-0.2, 0) is 16.8 Å². The number of rotatable bonds is 7. The van der Waals surface area contributed by atoms with Crippen LogP contribution in [0.15, 0.2) is 89.5 Å². The summed E-state index contributed by atoms with van der Waals surface area (Å²) < 4.78 is 18.4. The van der Waals surface area contributed by atoms with E-state index in [1.807, 2.05) is 67.6 Å². The standard InChI is InChI=1S/C25H22FN3O2/c1-25(19-8-4-2-5-9-19,20-10-6-3-7-11-20)28-22(30)16-17-23-27-24(29-31-23)18-12-14-21(26)15-13-18/h2-15H,16-17H2,1H3,(H,28,30). The molecule has 5 nitrogen and oxygen atoms in total. The van der Waals surface area contributed by atoms with Gasteiger partial charge in [-0.05, 0) is 42.3 Å². The van der Waals surface area contributed by atoms with Crippen LogP contribution in [0.4, 0.5) is 4.39 Å². The van der Waals surface area contributed by atoms with E-state index in [1.54, 1.807) is 12.1 Å². The second-order valence-corrected chi connectivity index (χ2v) is 7.42. The molecule has 0 fully saturated rings. The molecule has 0 saturated heterocycles.